The van der Waals surface area contributed by atoms with Gasteiger partial charge in [0.25, 0.3) is 5.91 Å². The lowest BCUT2D eigenvalue weighted by Gasteiger charge is -2.09. The topological polar surface area (TPSA) is 70.1 Å². The molecule has 0 saturated heterocycles. The van der Waals surface area contributed by atoms with Gasteiger partial charge in [-0.2, -0.15) is 23.4 Å². The van der Waals surface area contributed by atoms with Gasteiger partial charge in [0.1, 0.15) is 0 Å². The minimum atomic E-state index is -4.50. The molecule has 1 amide bonds. The minimum Gasteiger partial charge on any atom is -0.276 e. The van der Waals surface area contributed by atoms with E-state index in [1.807, 2.05) is 17.5 Å². The van der Waals surface area contributed by atoms with Gasteiger partial charge in [-0.1, -0.05) is 24.3 Å². The molecule has 0 fully saturated rings. The Morgan fingerprint density at radius 2 is 2.04 bits per heavy atom. The Bertz CT molecular complexity index is 900. The third-order valence-electron chi connectivity index (χ3n) is 3.23. The second-order valence-corrected chi connectivity index (χ2v) is 5.88. The molecule has 0 aliphatic carbocycles. The van der Waals surface area contributed by atoms with E-state index >= 15 is 0 Å². The van der Waals surface area contributed by atoms with E-state index in [1.54, 1.807) is 6.07 Å². The molecule has 9 heteroatoms. The van der Waals surface area contributed by atoms with Gasteiger partial charge in [-0.3, -0.25) is 9.89 Å². The molecule has 0 bridgehead atoms. The van der Waals surface area contributed by atoms with Crippen molar-refractivity contribution in [2.24, 2.45) is 5.10 Å². The van der Waals surface area contributed by atoms with Gasteiger partial charge < -0.3 is 0 Å². The summed E-state index contributed by atoms with van der Waals surface area (Å²) in [6.45, 7) is 0. The largest absolute Gasteiger partial charge is 0.417 e. The van der Waals surface area contributed by atoms with Crippen LogP contribution in [0.2, 0.25) is 0 Å². The molecule has 25 heavy (non-hydrogen) atoms. The first-order valence-electron chi connectivity index (χ1n) is 7.04. The van der Waals surface area contributed by atoms with Crippen molar-refractivity contribution in [2.75, 3.05) is 0 Å². The average molecular weight is 364 g/mol. The second-order valence-electron chi connectivity index (χ2n) is 4.93. The molecule has 0 aliphatic rings. The number of carbonyl (C=O) groups excluding carboxylic acids is 1. The van der Waals surface area contributed by atoms with Crippen LogP contribution in [0.4, 0.5) is 13.2 Å². The lowest BCUT2D eigenvalue weighted by atomic mass is 10.1. The number of nitrogens with zero attached hydrogens (tertiary/aromatic N) is 2. The lowest BCUT2D eigenvalue weighted by molar-refractivity contribution is -0.137. The van der Waals surface area contributed by atoms with Crippen LogP contribution in [0.15, 0.2) is 52.9 Å². The van der Waals surface area contributed by atoms with Crippen molar-refractivity contribution in [3.8, 4) is 10.6 Å². The monoisotopic (exact) mass is 364 g/mol. The molecule has 2 heterocycles. The fourth-order valence-electron chi connectivity index (χ4n) is 2.08. The number of amides is 1. The van der Waals surface area contributed by atoms with E-state index in [9.17, 15) is 18.0 Å². The van der Waals surface area contributed by atoms with Crippen molar-refractivity contribution < 1.29 is 18.0 Å². The van der Waals surface area contributed by atoms with Crippen LogP contribution in [-0.2, 0) is 6.18 Å². The highest BCUT2D eigenvalue weighted by Crippen LogP contribution is 2.31. The second kappa shape index (κ2) is 6.89. The molecule has 2 aromatic heterocycles. The minimum absolute atomic E-state index is 0.0876. The molecule has 0 saturated carbocycles. The first kappa shape index (κ1) is 16.9. The van der Waals surface area contributed by atoms with E-state index in [4.69, 9.17) is 0 Å². The third-order valence-corrected chi connectivity index (χ3v) is 4.14. The van der Waals surface area contributed by atoms with E-state index < -0.39 is 17.6 Å². The quantitative estimate of drug-likeness (QED) is 0.544. The summed E-state index contributed by atoms with van der Waals surface area (Å²) in [5.74, 6) is -0.625. The van der Waals surface area contributed by atoms with E-state index in [-0.39, 0.29) is 11.3 Å². The van der Waals surface area contributed by atoms with Crippen LogP contribution in [0.3, 0.4) is 0 Å². The van der Waals surface area contributed by atoms with Crippen LogP contribution in [0.5, 0.6) is 0 Å². The summed E-state index contributed by atoms with van der Waals surface area (Å²) in [5.41, 5.74) is 1.96. The summed E-state index contributed by atoms with van der Waals surface area (Å²) in [7, 11) is 0. The maximum Gasteiger partial charge on any atom is 0.417 e. The number of hydrogen-bond acceptors (Lipinski definition) is 4. The molecule has 128 valence electrons. The number of rotatable bonds is 4. The molecule has 2 N–H and O–H groups in total. The van der Waals surface area contributed by atoms with Crippen molar-refractivity contribution in [3.05, 3.63) is 64.7 Å². The van der Waals surface area contributed by atoms with Gasteiger partial charge >= 0.3 is 6.18 Å². The molecule has 0 atom stereocenters. The Labute approximate surface area is 144 Å². The molecule has 3 aromatic rings. The number of alkyl halides is 3. The number of H-pyrrole nitrogens is 1. The van der Waals surface area contributed by atoms with Crippen molar-refractivity contribution in [3.63, 3.8) is 0 Å². The van der Waals surface area contributed by atoms with Crippen molar-refractivity contribution in [1.82, 2.24) is 15.6 Å². The van der Waals surface area contributed by atoms with Crippen LogP contribution in [-0.4, -0.2) is 22.3 Å². The SMILES string of the molecule is O=C(N/N=C/c1ccccc1C(F)(F)F)c1cc(-c2cccs2)[nH]n1. The fourth-order valence-corrected chi connectivity index (χ4v) is 2.77. The molecule has 0 radical (unpaired) electrons. The molecular formula is C16H11F3N4OS. The predicted octanol–water partition coefficient (Wildman–Crippen LogP) is 3.92. The first-order chi connectivity index (χ1) is 11.9. The normalized spacial score (nSPS) is 11.8. The van der Waals surface area contributed by atoms with Gasteiger partial charge in [-0.15, -0.1) is 11.3 Å². The predicted molar refractivity (Wildman–Crippen MR) is 88.4 cm³/mol. The maximum atomic E-state index is 12.9. The lowest BCUT2D eigenvalue weighted by Crippen LogP contribution is -2.18. The summed E-state index contributed by atoms with van der Waals surface area (Å²) >= 11 is 1.48. The third kappa shape index (κ3) is 3.94. The molecular weight excluding hydrogens is 353 g/mol. The van der Waals surface area contributed by atoms with Gasteiger partial charge in [0.2, 0.25) is 0 Å². The number of aromatic amines is 1. The summed E-state index contributed by atoms with van der Waals surface area (Å²) in [6.07, 6.45) is -3.54. The van der Waals surface area contributed by atoms with E-state index in [2.05, 4.69) is 20.7 Å². The van der Waals surface area contributed by atoms with E-state index in [1.165, 1.54) is 29.5 Å². The van der Waals surface area contributed by atoms with Crippen molar-refractivity contribution >= 4 is 23.5 Å². The van der Waals surface area contributed by atoms with Crippen LogP contribution in [0.1, 0.15) is 21.6 Å². The highest BCUT2D eigenvalue weighted by molar-refractivity contribution is 7.13. The number of aromatic nitrogens is 2. The Morgan fingerprint density at radius 3 is 2.76 bits per heavy atom. The smallest absolute Gasteiger partial charge is 0.276 e. The van der Waals surface area contributed by atoms with E-state index in [0.29, 0.717) is 5.69 Å². The Balaban J connectivity index is 1.70. The summed E-state index contributed by atoms with van der Waals surface area (Å²) in [4.78, 5) is 12.9. The summed E-state index contributed by atoms with van der Waals surface area (Å²) in [5, 5.41) is 12.1. The number of thiophene rings is 1. The van der Waals surface area contributed by atoms with Gasteiger partial charge in [-0.05, 0) is 23.6 Å². The number of carbonyl (C=O) groups is 1. The van der Waals surface area contributed by atoms with Crippen LogP contribution in [0, 0.1) is 0 Å². The van der Waals surface area contributed by atoms with Gasteiger partial charge in [0.15, 0.2) is 5.69 Å². The highest BCUT2D eigenvalue weighted by Gasteiger charge is 2.32. The number of hydrazone groups is 1. The molecule has 1 aromatic carbocycles. The molecule has 0 aliphatic heterocycles. The Kier molecular flexibility index (Phi) is 4.66. The van der Waals surface area contributed by atoms with Crippen LogP contribution >= 0.6 is 11.3 Å². The number of halogens is 3. The molecule has 0 unspecified atom stereocenters. The zero-order valence-corrected chi connectivity index (χ0v) is 13.4. The number of benzene rings is 1. The number of nitrogens with one attached hydrogen (secondary N) is 2. The Morgan fingerprint density at radius 1 is 1.24 bits per heavy atom. The van der Waals surface area contributed by atoms with Gasteiger partial charge in [0.05, 0.1) is 22.3 Å². The zero-order valence-electron chi connectivity index (χ0n) is 12.5. The average Bonchev–Trinajstić information content (AvgIpc) is 3.25. The fraction of sp³-hybridized carbons (Fsp3) is 0.0625. The van der Waals surface area contributed by atoms with Crippen LogP contribution < -0.4 is 5.43 Å². The zero-order chi connectivity index (χ0) is 17.9. The van der Waals surface area contributed by atoms with Gasteiger partial charge in [-0.25, -0.2) is 5.43 Å². The summed E-state index contributed by atoms with van der Waals surface area (Å²) < 4.78 is 38.6. The van der Waals surface area contributed by atoms with Gasteiger partial charge in [0, 0.05) is 5.56 Å². The highest BCUT2D eigenvalue weighted by atomic mass is 32.1. The molecule has 3 rings (SSSR count). The molecule has 5 nitrogen and oxygen atoms in total. The first-order valence-corrected chi connectivity index (χ1v) is 7.92. The standard InChI is InChI=1S/C16H11F3N4OS/c17-16(18,19)11-5-2-1-4-10(11)9-20-23-15(24)13-8-12(21-22-13)14-6-3-7-25-14/h1-9H,(H,21,22)(H,23,24)/b20-9+. The van der Waals surface area contributed by atoms with Crippen molar-refractivity contribution in [2.45, 2.75) is 6.18 Å². The number of hydrogen-bond donors (Lipinski definition) is 2. The van der Waals surface area contributed by atoms with Crippen molar-refractivity contribution in [1.29, 1.82) is 0 Å². The molecule has 0 spiro atoms. The van der Waals surface area contributed by atoms with Crippen LogP contribution in [0.25, 0.3) is 10.6 Å². The summed E-state index contributed by atoms with van der Waals surface area (Å²) in [6, 6.07) is 10.2. The maximum absolute atomic E-state index is 12.9. The van der Waals surface area contributed by atoms with E-state index in [0.717, 1.165) is 17.2 Å². The Hall–Kier alpha value is -2.94.